The number of rotatable bonds is 11. The smallest absolute Gasteiger partial charge is 0.277 e. The molecule has 0 saturated heterocycles. The van der Waals surface area contributed by atoms with E-state index in [1.807, 2.05) is 35.2 Å². The van der Waals surface area contributed by atoms with E-state index >= 15 is 0 Å². The van der Waals surface area contributed by atoms with Crippen LogP contribution in [-0.2, 0) is 25.5 Å². The number of hydrogen-bond donors (Lipinski definition) is 0. The number of nitrogens with zero attached hydrogens (tertiary/aromatic N) is 2. The van der Waals surface area contributed by atoms with Gasteiger partial charge in [0.2, 0.25) is 0 Å². The first-order valence-electron chi connectivity index (χ1n) is 10.2. The normalized spacial score (nSPS) is 14.0. The Hall–Kier alpha value is -3.03. The lowest BCUT2D eigenvalue weighted by atomic mass is 10.0. The summed E-state index contributed by atoms with van der Waals surface area (Å²) in [5, 5.41) is 0. The number of imide groups is 1. The summed E-state index contributed by atoms with van der Waals surface area (Å²) in [7, 11) is 3.19. The van der Waals surface area contributed by atoms with Crippen LogP contribution in [0.5, 0.6) is 0 Å². The molecule has 0 fully saturated rings. The van der Waals surface area contributed by atoms with Gasteiger partial charge in [0, 0.05) is 33.9 Å². The minimum Gasteiger partial charge on any atom is -0.383 e. The van der Waals surface area contributed by atoms with Crippen molar-refractivity contribution in [3.05, 3.63) is 77.2 Å². The Balaban J connectivity index is 1.92. The molecule has 0 saturated carbocycles. The second-order valence-electron chi connectivity index (χ2n) is 7.20. The number of carbonyl (C=O) groups excluding carboxylic acids is 2. The van der Waals surface area contributed by atoms with Gasteiger partial charge < -0.3 is 14.4 Å². The van der Waals surface area contributed by atoms with Gasteiger partial charge in [0.25, 0.3) is 11.8 Å². The van der Waals surface area contributed by atoms with Gasteiger partial charge in [-0.25, -0.2) is 4.39 Å². The number of halogens is 1. The van der Waals surface area contributed by atoms with E-state index in [1.54, 1.807) is 26.4 Å². The summed E-state index contributed by atoms with van der Waals surface area (Å²) in [5.74, 6) is -0.981. The molecule has 2 amide bonds. The van der Waals surface area contributed by atoms with Crippen molar-refractivity contribution < 1.29 is 23.5 Å². The Morgan fingerprint density at radius 2 is 1.48 bits per heavy atom. The minimum atomic E-state index is -0.335. The fourth-order valence-corrected chi connectivity index (χ4v) is 3.56. The van der Waals surface area contributed by atoms with Gasteiger partial charge in [-0.1, -0.05) is 42.5 Å². The molecular formula is C24H27FN2O4. The van der Waals surface area contributed by atoms with Gasteiger partial charge in [-0.2, -0.15) is 0 Å². The fraction of sp³-hybridized carbons (Fsp3) is 0.333. The minimum absolute atomic E-state index is 0.214. The van der Waals surface area contributed by atoms with Crippen LogP contribution in [0, 0.1) is 5.82 Å². The highest BCUT2D eigenvalue weighted by Crippen LogP contribution is 2.31. The molecule has 1 aliphatic heterocycles. The second-order valence-corrected chi connectivity index (χ2v) is 7.20. The third kappa shape index (κ3) is 5.37. The van der Waals surface area contributed by atoms with Gasteiger partial charge >= 0.3 is 0 Å². The Morgan fingerprint density at radius 3 is 2.06 bits per heavy atom. The van der Waals surface area contributed by atoms with Crippen LogP contribution >= 0.6 is 0 Å². The SMILES string of the molecule is COCCN(CCOC)C1=C(c2ccccc2)C(=O)N(CCc2ccc(F)cc2)C1=O. The van der Waals surface area contributed by atoms with Gasteiger partial charge in [-0.15, -0.1) is 0 Å². The lowest BCUT2D eigenvalue weighted by Crippen LogP contribution is -2.38. The molecule has 0 spiro atoms. The van der Waals surface area contributed by atoms with Crippen molar-refractivity contribution in [2.24, 2.45) is 0 Å². The molecule has 0 aliphatic carbocycles. The van der Waals surface area contributed by atoms with E-state index in [-0.39, 0.29) is 24.2 Å². The molecule has 2 aromatic carbocycles. The number of ether oxygens (including phenoxy) is 2. The standard InChI is InChI=1S/C24H27FN2O4/c1-30-16-14-26(15-17-31-2)22-21(19-6-4-3-5-7-19)23(28)27(24(22)29)13-12-18-8-10-20(25)11-9-18/h3-11H,12-17H2,1-2H3. The van der Waals surface area contributed by atoms with Crippen LogP contribution in [0.1, 0.15) is 11.1 Å². The zero-order chi connectivity index (χ0) is 22.2. The number of hydrogen-bond acceptors (Lipinski definition) is 5. The van der Waals surface area contributed by atoms with Crippen molar-refractivity contribution in [3.63, 3.8) is 0 Å². The molecule has 0 unspecified atom stereocenters. The summed E-state index contributed by atoms with van der Waals surface area (Å²) in [6.45, 7) is 1.94. The highest BCUT2D eigenvalue weighted by atomic mass is 19.1. The molecule has 31 heavy (non-hydrogen) atoms. The van der Waals surface area contributed by atoms with Crippen molar-refractivity contribution in [1.29, 1.82) is 0 Å². The van der Waals surface area contributed by atoms with Crippen LogP contribution in [0.25, 0.3) is 5.57 Å². The van der Waals surface area contributed by atoms with Crippen molar-refractivity contribution in [1.82, 2.24) is 9.80 Å². The topological polar surface area (TPSA) is 59.1 Å². The molecule has 6 nitrogen and oxygen atoms in total. The van der Waals surface area contributed by atoms with Crippen molar-refractivity contribution >= 4 is 17.4 Å². The molecule has 0 bridgehead atoms. The van der Waals surface area contributed by atoms with Gasteiger partial charge in [-0.05, 0) is 29.7 Å². The molecule has 1 heterocycles. The van der Waals surface area contributed by atoms with Crippen molar-refractivity contribution in [3.8, 4) is 0 Å². The second kappa shape index (κ2) is 10.8. The summed E-state index contributed by atoms with van der Waals surface area (Å²) in [5.41, 5.74) is 2.30. The van der Waals surface area contributed by atoms with E-state index < -0.39 is 0 Å². The maximum atomic E-state index is 13.4. The zero-order valence-electron chi connectivity index (χ0n) is 17.8. The highest BCUT2D eigenvalue weighted by molar-refractivity contribution is 6.35. The Labute approximate surface area is 181 Å². The van der Waals surface area contributed by atoms with Crippen LogP contribution in [-0.4, -0.2) is 68.7 Å². The quantitative estimate of drug-likeness (QED) is 0.517. The van der Waals surface area contributed by atoms with Gasteiger partial charge in [0.1, 0.15) is 11.5 Å². The molecule has 1 aliphatic rings. The number of benzene rings is 2. The number of methoxy groups -OCH3 is 2. The third-order valence-electron chi connectivity index (χ3n) is 5.19. The van der Waals surface area contributed by atoms with E-state index in [9.17, 15) is 14.0 Å². The maximum absolute atomic E-state index is 13.4. The molecule has 0 radical (unpaired) electrons. The molecular weight excluding hydrogens is 399 g/mol. The molecule has 0 N–H and O–H groups in total. The highest BCUT2D eigenvalue weighted by Gasteiger charge is 2.41. The van der Waals surface area contributed by atoms with Crippen LogP contribution in [0.15, 0.2) is 60.3 Å². The third-order valence-corrected chi connectivity index (χ3v) is 5.19. The van der Waals surface area contributed by atoms with E-state index in [4.69, 9.17) is 9.47 Å². The zero-order valence-corrected chi connectivity index (χ0v) is 17.8. The molecule has 2 aromatic rings. The summed E-state index contributed by atoms with van der Waals surface area (Å²) >= 11 is 0. The average Bonchev–Trinajstić information content (AvgIpc) is 3.04. The summed E-state index contributed by atoms with van der Waals surface area (Å²) in [6, 6.07) is 15.3. The predicted molar refractivity (Wildman–Crippen MR) is 116 cm³/mol. The molecule has 0 aromatic heterocycles. The Morgan fingerprint density at radius 1 is 0.871 bits per heavy atom. The fourth-order valence-electron chi connectivity index (χ4n) is 3.56. The molecule has 0 atom stereocenters. The van der Waals surface area contributed by atoms with Crippen LogP contribution in [0.3, 0.4) is 0 Å². The monoisotopic (exact) mass is 426 g/mol. The summed E-state index contributed by atoms with van der Waals surface area (Å²) < 4.78 is 23.6. The first-order valence-corrected chi connectivity index (χ1v) is 10.2. The summed E-state index contributed by atoms with van der Waals surface area (Å²) in [4.78, 5) is 29.9. The van der Waals surface area contributed by atoms with Crippen molar-refractivity contribution in [2.45, 2.75) is 6.42 Å². The largest absolute Gasteiger partial charge is 0.383 e. The predicted octanol–water partition coefficient (Wildman–Crippen LogP) is 2.74. The van der Waals surface area contributed by atoms with Gasteiger partial charge in [-0.3, -0.25) is 14.5 Å². The number of amides is 2. The summed E-state index contributed by atoms with van der Waals surface area (Å²) in [6.07, 6.45) is 0.448. The van der Waals surface area contributed by atoms with E-state index in [1.165, 1.54) is 17.0 Å². The number of carbonyl (C=O) groups is 2. The Kier molecular flexibility index (Phi) is 7.92. The van der Waals surface area contributed by atoms with Crippen molar-refractivity contribution in [2.75, 3.05) is 47.1 Å². The molecule has 7 heteroatoms. The maximum Gasteiger partial charge on any atom is 0.277 e. The van der Waals surface area contributed by atoms with E-state index in [0.717, 1.165) is 5.56 Å². The van der Waals surface area contributed by atoms with Crippen LogP contribution in [0.2, 0.25) is 0 Å². The first kappa shape index (κ1) is 22.7. The lowest BCUT2D eigenvalue weighted by molar-refractivity contribution is -0.137. The Bertz CT molecular complexity index is 920. The first-order chi connectivity index (χ1) is 15.1. The molecule has 3 rings (SSSR count). The van der Waals surface area contributed by atoms with Crippen LogP contribution < -0.4 is 0 Å². The van der Waals surface area contributed by atoms with Crippen LogP contribution in [0.4, 0.5) is 4.39 Å². The van der Waals surface area contributed by atoms with E-state index in [0.29, 0.717) is 49.6 Å². The lowest BCUT2D eigenvalue weighted by Gasteiger charge is -2.25. The van der Waals surface area contributed by atoms with Gasteiger partial charge in [0.05, 0.1) is 18.8 Å². The molecule has 164 valence electrons. The average molecular weight is 426 g/mol. The van der Waals surface area contributed by atoms with Gasteiger partial charge in [0.15, 0.2) is 0 Å². The van der Waals surface area contributed by atoms with E-state index in [2.05, 4.69) is 0 Å².